The van der Waals surface area contributed by atoms with E-state index in [1.165, 1.54) is 6.07 Å². The minimum absolute atomic E-state index is 0. The number of halogens is 1. The molecule has 2 aromatic carbocycles. The van der Waals surface area contributed by atoms with Crippen molar-refractivity contribution in [3.63, 3.8) is 0 Å². The molecule has 0 spiro atoms. The van der Waals surface area contributed by atoms with E-state index in [1.54, 1.807) is 19.1 Å². The third kappa shape index (κ3) is 3.76. The van der Waals surface area contributed by atoms with E-state index in [2.05, 4.69) is 17.2 Å². The summed E-state index contributed by atoms with van der Waals surface area (Å²) < 4.78 is 16.0. The van der Waals surface area contributed by atoms with Crippen molar-refractivity contribution in [3.05, 3.63) is 65.1 Å². The van der Waals surface area contributed by atoms with Crippen molar-refractivity contribution in [2.24, 2.45) is 7.05 Å². The highest BCUT2D eigenvalue weighted by Crippen LogP contribution is 2.49. The van der Waals surface area contributed by atoms with Crippen molar-refractivity contribution < 1.29 is 14.4 Å². The number of carbonyl (C=O) groups is 1. The Labute approximate surface area is 183 Å². The van der Waals surface area contributed by atoms with Crippen LogP contribution < -0.4 is 5.48 Å². The van der Waals surface area contributed by atoms with E-state index in [-0.39, 0.29) is 38.7 Å². The normalized spacial score (nSPS) is 20.8. The number of aromatic nitrogens is 2. The van der Waals surface area contributed by atoms with Gasteiger partial charge in [0.1, 0.15) is 5.82 Å². The summed E-state index contributed by atoms with van der Waals surface area (Å²) >= 11 is 0. The van der Waals surface area contributed by atoms with Gasteiger partial charge in [-0.3, -0.25) is 14.7 Å². The van der Waals surface area contributed by atoms with Crippen molar-refractivity contribution in [1.29, 1.82) is 0 Å². The Morgan fingerprint density at radius 1 is 1.31 bits per heavy atom. The van der Waals surface area contributed by atoms with Crippen molar-refractivity contribution in [2.75, 3.05) is 0 Å². The quantitative estimate of drug-likeness (QED) is 0.483. The van der Waals surface area contributed by atoms with Crippen LogP contribution in [0.5, 0.6) is 0 Å². The molecule has 0 aliphatic heterocycles. The second kappa shape index (κ2) is 8.77. The van der Waals surface area contributed by atoms with E-state index in [9.17, 15) is 14.4 Å². The molecule has 4 rings (SSSR count). The van der Waals surface area contributed by atoms with Crippen molar-refractivity contribution in [3.8, 4) is 0 Å². The highest BCUT2D eigenvalue weighted by Gasteiger charge is 2.48. The lowest BCUT2D eigenvalue weighted by Gasteiger charge is -2.29. The largest absolute Gasteiger partial charge is 0.289 e. The van der Waals surface area contributed by atoms with Gasteiger partial charge in [-0.05, 0) is 67.0 Å². The van der Waals surface area contributed by atoms with Crippen molar-refractivity contribution in [1.82, 2.24) is 15.3 Å². The number of rotatable bonds is 3. The maximum atomic E-state index is 14.2. The summed E-state index contributed by atoms with van der Waals surface area (Å²) in [7, 11) is 1.90. The second-order valence-electron chi connectivity index (χ2n) is 7.46. The molecule has 1 aliphatic rings. The van der Waals surface area contributed by atoms with Crippen LogP contribution in [0.1, 0.15) is 41.9 Å². The van der Waals surface area contributed by atoms with Crippen LogP contribution in [-0.4, -0.2) is 20.9 Å². The highest BCUT2D eigenvalue weighted by atomic mass is 32.1. The van der Waals surface area contributed by atoms with Crippen molar-refractivity contribution in [2.45, 2.75) is 37.5 Å². The van der Waals surface area contributed by atoms with Crippen molar-refractivity contribution >= 4 is 43.8 Å². The van der Waals surface area contributed by atoms with Crippen LogP contribution in [0.15, 0.2) is 42.6 Å². The molecule has 1 fully saturated rings. The Bertz CT molecular complexity index is 1040. The summed E-state index contributed by atoms with van der Waals surface area (Å²) in [4.78, 5) is 12.7. The Morgan fingerprint density at radius 3 is 2.79 bits per heavy atom. The molecule has 156 valence electrons. The number of hydrogen-bond acceptors (Lipinski definition) is 3. The number of nitrogens with one attached hydrogen (secondary N) is 1. The molecule has 0 bridgehead atoms. The smallest absolute Gasteiger partial charge is 0.254 e. The average Bonchev–Trinajstić information content (AvgIpc) is 3.28. The molecule has 0 saturated heterocycles. The van der Waals surface area contributed by atoms with Gasteiger partial charge < -0.3 is 0 Å². The minimum atomic E-state index is -0.935. The molecule has 8 heteroatoms. The molecular weight excluding hydrogens is 409 g/mol. The average molecular weight is 436 g/mol. The number of fused-ring (bicyclic) bond motifs is 1. The van der Waals surface area contributed by atoms with Gasteiger partial charge in [0.05, 0.1) is 17.1 Å². The number of benzene rings is 2. The van der Waals surface area contributed by atoms with Gasteiger partial charge in [0.25, 0.3) is 5.91 Å². The number of amides is 1. The van der Waals surface area contributed by atoms with Gasteiger partial charge in [-0.25, -0.2) is 9.87 Å². The molecule has 29 heavy (non-hydrogen) atoms. The van der Waals surface area contributed by atoms with Crippen LogP contribution in [0.3, 0.4) is 0 Å². The third-order valence-electron chi connectivity index (χ3n) is 6.08. The summed E-state index contributed by atoms with van der Waals surface area (Å²) in [6, 6.07) is 11.0. The zero-order valence-electron chi connectivity index (χ0n) is 16.4. The van der Waals surface area contributed by atoms with Gasteiger partial charge in [-0.2, -0.15) is 32.1 Å². The van der Waals surface area contributed by atoms with Gasteiger partial charge in [-0.15, -0.1) is 0 Å². The summed E-state index contributed by atoms with van der Waals surface area (Å²) in [6.07, 6.45) is 3.70. The number of hydrogen-bond donors (Lipinski definition) is 2. The van der Waals surface area contributed by atoms with Gasteiger partial charge in [0, 0.05) is 12.4 Å². The first-order valence-corrected chi connectivity index (χ1v) is 9.08. The lowest BCUT2D eigenvalue weighted by atomic mass is 9.75. The van der Waals surface area contributed by atoms with E-state index < -0.39 is 11.3 Å². The van der Waals surface area contributed by atoms with Gasteiger partial charge in [-0.1, -0.05) is 18.2 Å². The SMILES string of the molecule is Cc1c(F)cccc1[C@]1(C(=O)NO)CC[C@H](c2ccc3c(cnn3C)c2)C1.S.S. The van der Waals surface area contributed by atoms with Crippen LogP contribution in [-0.2, 0) is 17.3 Å². The Balaban J connectivity index is 0.00000150. The standard InChI is InChI=1S/C21H22FN3O2.2H2S/c1-13-17(4-3-5-18(13)22)21(20(26)24-27)9-8-15(11-21)14-6-7-19-16(10-14)12-23-25(19)2;;/h3-7,10,12,15,27H,8-9,11H2,1-2H3,(H,24,26);2*1H2/t15-,21-;;/m0../s1. The fourth-order valence-corrected chi connectivity index (χ4v) is 4.57. The molecule has 2 N–H and O–H groups in total. The topological polar surface area (TPSA) is 67.2 Å². The fraction of sp³-hybridized carbons (Fsp3) is 0.333. The number of aryl methyl sites for hydroxylation is 1. The number of hydroxylamine groups is 1. The Kier molecular flexibility index (Phi) is 7.03. The molecule has 1 aromatic heterocycles. The second-order valence-corrected chi connectivity index (χ2v) is 7.46. The van der Waals surface area contributed by atoms with Crippen LogP contribution >= 0.6 is 27.0 Å². The van der Waals surface area contributed by atoms with Gasteiger partial charge in [0.2, 0.25) is 0 Å². The van der Waals surface area contributed by atoms with E-state index in [0.717, 1.165) is 22.9 Å². The summed E-state index contributed by atoms with van der Waals surface area (Å²) in [5.74, 6) is -0.659. The van der Waals surface area contributed by atoms with E-state index in [4.69, 9.17) is 0 Å². The van der Waals surface area contributed by atoms with Crippen LogP contribution in [0.4, 0.5) is 4.39 Å². The molecule has 0 unspecified atom stereocenters. The molecular formula is C21H26FN3O2S2. The zero-order chi connectivity index (χ0) is 19.2. The Hall–Kier alpha value is -2.03. The van der Waals surface area contributed by atoms with Gasteiger partial charge >= 0.3 is 0 Å². The first-order valence-electron chi connectivity index (χ1n) is 9.08. The fourth-order valence-electron chi connectivity index (χ4n) is 4.57. The molecule has 1 aliphatic carbocycles. The molecule has 0 radical (unpaired) electrons. The maximum absolute atomic E-state index is 14.2. The Morgan fingerprint density at radius 2 is 2.07 bits per heavy atom. The monoisotopic (exact) mass is 435 g/mol. The van der Waals surface area contributed by atoms with Crippen LogP contribution in [0.25, 0.3) is 10.9 Å². The highest BCUT2D eigenvalue weighted by molar-refractivity contribution is 7.59. The molecule has 2 atom stereocenters. The first-order chi connectivity index (χ1) is 13.0. The van der Waals surface area contributed by atoms with Crippen LogP contribution in [0.2, 0.25) is 0 Å². The summed E-state index contributed by atoms with van der Waals surface area (Å²) in [6.45, 7) is 1.69. The van der Waals surface area contributed by atoms with E-state index >= 15 is 0 Å². The molecule has 1 heterocycles. The molecule has 1 saturated carbocycles. The molecule has 1 amide bonds. The number of nitrogens with zero attached hydrogens (tertiary/aromatic N) is 2. The summed E-state index contributed by atoms with van der Waals surface area (Å²) in [5, 5.41) is 14.7. The lowest BCUT2D eigenvalue weighted by molar-refractivity contribution is -0.135. The minimum Gasteiger partial charge on any atom is -0.289 e. The van der Waals surface area contributed by atoms with Crippen LogP contribution in [0, 0.1) is 12.7 Å². The third-order valence-corrected chi connectivity index (χ3v) is 6.08. The lowest BCUT2D eigenvalue weighted by Crippen LogP contribution is -2.42. The molecule has 3 aromatic rings. The zero-order valence-corrected chi connectivity index (χ0v) is 18.4. The predicted molar refractivity (Wildman–Crippen MR) is 121 cm³/mol. The summed E-state index contributed by atoms with van der Waals surface area (Å²) in [5.41, 5.74) is 4.19. The maximum Gasteiger partial charge on any atom is 0.254 e. The van der Waals surface area contributed by atoms with E-state index in [1.807, 2.05) is 29.5 Å². The number of carbonyl (C=O) groups excluding carboxylic acids is 1. The van der Waals surface area contributed by atoms with E-state index in [0.29, 0.717) is 24.0 Å². The first kappa shape index (κ1) is 23.3. The predicted octanol–water partition coefficient (Wildman–Crippen LogP) is 3.96. The molecule has 5 nitrogen and oxygen atoms in total. The van der Waals surface area contributed by atoms with Gasteiger partial charge in [0.15, 0.2) is 0 Å².